The zero-order valence-corrected chi connectivity index (χ0v) is 11.8. The zero-order chi connectivity index (χ0) is 13.9. The van der Waals surface area contributed by atoms with Gasteiger partial charge in [0.2, 0.25) is 5.96 Å². The predicted molar refractivity (Wildman–Crippen MR) is 78.8 cm³/mol. The number of ether oxygens (including phenoxy) is 1. The third-order valence-electron chi connectivity index (χ3n) is 2.64. The van der Waals surface area contributed by atoms with E-state index in [1.165, 1.54) is 5.56 Å². The number of aryl methyl sites for hydroxylation is 1. The Hall–Kier alpha value is -1.59. The number of hydrogen-bond acceptors (Lipinski definition) is 3. The van der Waals surface area contributed by atoms with E-state index in [0.29, 0.717) is 12.5 Å². The fraction of sp³-hybridized carbons (Fsp3) is 0.500. The van der Waals surface area contributed by atoms with Crippen LogP contribution in [-0.2, 0) is 11.3 Å². The zero-order valence-electron chi connectivity index (χ0n) is 11.8. The Bertz CT molecular complexity index is 376. The smallest absolute Gasteiger partial charge is 0.206 e. The van der Waals surface area contributed by atoms with Crippen molar-refractivity contribution >= 4 is 5.96 Å². The lowest BCUT2D eigenvalue weighted by molar-refractivity contribution is 0.145. The van der Waals surface area contributed by atoms with E-state index in [0.717, 1.165) is 31.7 Å². The number of hydrogen-bond donors (Lipinski definition) is 3. The second-order valence-corrected chi connectivity index (χ2v) is 4.27. The summed E-state index contributed by atoms with van der Waals surface area (Å²) in [5.74, 6) is 6.04. The molecule has 1 aromatic rings. The Labute approximate surface area is 115 Å². The average Bonchev–Trinajstić information content (AvgIpc) is 2.44. The Kier molecular flexibility index (Phi) is 7.62. The maximum absolute atomic E-state index is 5.43. The van der Waals surface area contributed by atoms with Crippen molar-refractivity contribution in [2.24, 2.45) is 10.8 Å². The van der Waals surface area contributed by atoms with E-state index < -0.39 is 0 Å². The van der Waals surface area contributed by atoms with Crippen molar-refractivity contribution < 1.29 is 4.74 Å². The molecule has 106 valence electrons. The first-order valence-corrected chi connectivity index (χ1v) is 6.64. The summed E-state index contributed by atoms with van der Waals surface area (Å²) in [6.07, 6.45) is 0.930. The Morgan fingerprint density at radius 1 is 1.32 bits per heavy atom. The van der Waals surface area contributed by atoms with Gasteiger partial charge in [-0.25, -0.2) is 10.8 Å². The van der Waals surface area contributed by atoms with Crippen LogP contribution in [0.4, 0.5) is 0 Å². The number of aliphatic imine (C=N–C) groups is 1. The summed E-state index contributed by atoms with van der Waals surface area (Å²) >= 11 is 0. The molecule has 0 aliphatic heterocycles. The maximum atomic E-state index is 5.43. The van der Waals surface area contributed by atoms with E-state index in [9.17, 15) is 0 Å². The van der Waals surface area contributed by atoms with Gasteiger partial charge < -0.3 is 10.1 Å². The molecule has 0 heterocycles. The highest BCUT2D eigenvalue weighted by molar-refractivity contribution is 5.79. The minimum absolute atomic E-state index is 0.608. The van der Waals surface area contributed by atoms with Crippen LogP contribution in [0.15, 0.2) is 29.3 Å². The molecular formula is C14H24N4O. The third kappa shape index (κ3) is 6.79. The first kappa shape index (κ1) is 15.5. The molecular weight excluding hydrogens is 240 g/mol. The standard InChI is InChI=1S/C14H24N4O/c1-3-19-10-4-9-16-14(18-15)17-11-13-7-5-12(2)6-8-13/h5-8H,3-4,9-11,15H2,1-2H3,(H2,16,17,18). The molecule has 0 saturated heterocycles. The predicted octanol–water partition coefficient (Wildman–Crippen LogP) is 1.33. The van der Waals surface area contributed by atoms with Crippen LogP contribution >= 0.6 is 0 Å². The molecule has 0 amide bonds. The molecule has 0 aromatic heterocycles. The van der Waals surface area contributed by atoms with Gasteiger partial charge in [0.15, 0.2) is 0 Å². The van der Waals surface area contributed by atoms with E-state index in [1.807, 2.05) is 6.92 Å². The first-order chi connectivity index (χ1) is 9.26. The summed E-state index contributed by atoms with van der Waals surface area (Å²) in [7, 11) is 0. The van der Waals surface area contributed by atoms with Crippen LogP contribution in [0.1, 0.15) is 24.5 Å². The summed E-state index contributed by atoms with van der Waals surface area (Å²) in [6.45, 7) is 6.96. The van der Waals surface area contributed by atoms with Crippen molar-refractivity contribution in [3.63, 3.8) is 0 Å². The third-order valence-corrected chi connectivity index (χ3v) is 2.64. The average molecular weight is 264 g/mol. The monoisotopic (exact) mass is 264 g/mol. The summed E-state index contributed by atoms with van der Waals surface area (Å²) in [5, 5.41) is 3.14. The highest BCUT2D eigenvalue weighted by Crippen LogP contribution is 2.04. The van der Waals surface area contributed by atoms with Gasteiger partial charge in [-0.3, -0.25) is 5.43 Å². The van der Waals surface area contributed by atoms with E-state index in [1.54, 1.807) is 0 Å². The highest BCUT2D eigenvalue weighted by atomic mass is 16.5. The highest BCUT2D eigenvalue weighted by Gasteiger charge is 1.96. The summed E-state index contributed by atoms with van der Waals surface area (Å²) in [5.41, 5.74) is 4.98. The fourth-order valence-electron chi connectivity index (χ4n) is 1.54. The molecule has 5 nitrogen and oxygen atoms in total. The second kappa shape index (κ2) is 9.35. The molecule has 0 radical (unpaired) electrons. The van der Waals surface area contributed by atoms with Crippen molar-refractivity contribution in [1.82, 2.24) is 10.7 Å². The molecule has 0 unspecified atom stereocenters. The van der Waals surface area contributed by atoms with Crippen LogP contribution < -0.4 is 16.6 Å². The van der Waals surface area contributed by atoms with Gasteiger partial charge in [0.1, 0.15) is 0 Å². The number of nitrogens with two attached hydrogens (primary N) is 1. The number of nitrogens with one attached hydrogen (secondary N) is 2. The van der Waals surface area contributed by atoms with Gasteiger partial charge in [-0.1, -0.05) is 29.8 Å². The van der Waals surface area contributed by atoms with Crippen LogP contribution in [0.2, 0.25) is 0 Å². The van der Waals surface area contributed by atoms with Crippen LogP contribution in [0.5, 0.6) is 0 Å². The molecule has 0 bridgehead atoms. The summed E-state index contributed by atoms with van der Waals surface area (Å²) in [4.78, 5) is 4.39. The second-order valence-electron chi connectivity index (χ2n) is 4.27. The molecule has 0 saturated carbocycles. The lowest BCUT2D eigenvalue weighted by Gasteiger charge is -2.09. The number of nitrogens with zero attached hydrogens (tertiary/aromatic N) is 1. The lowest BCUT2D eigenvalue weighted by atomic mass is 10.1. The molecule has 1 aromatic carbocycles. The van der Waals surface area contributed by atoms with E-state index >= 15 is 0 Å². The van der Waals surface area contributed by atoms with Gasteiger partial charge in [-0.2, -0.15) is 0 Å². The maximum Gasteiger partial charge on any atom is 0.206 e. The Balaban J connectivity index is 2.33. The van der Waals surface area contributed by atoms with Crippen LogP contribution in [0.25, 0.3) is 0 Å². The normalized spacial score (nSPS) is 11.4. The van der Waals surface area contributed by atoms with Crippen molar-refractivity contribution in [2.45, 2.75) is 26.8 Å². The molecule has 1 rings (SSSR count). The lowest BCUT2D eigenvalue weighted by Crippen LogP contribution is -2.42. The molecule has 0 atom stereocenters. The van der Waals surface area contributed by atoms with E-state index in [-0.39, 0.29) is 0 Å². The first-order valence-electron chi connectivity index (χ1n) is 6.64. The minimum Gasteiger partial charge on any atom is -0.382 e. The molecule has 0 aliphatic carbocycles. The number of rotatable bonds is 7. The van der Waals surface area contributed by atoms with Crippen LogP contribution in [-0.4, -0.2) is 25.7 Å². The van der Waals surface area contributed by atoms with Gasteiger partial charge in [-0.15, -0.1) is 0 Å². The molecule has 4 N–H and O–H groups in total. The van der Waals surface area contributed by atoms with Crippen LogP contribution in [0.3, 0.4) is 0 Å². The van der Waals surface area contributed by atoms with E-state index in [2.05, 4.69) is 46.9 Å². The fourth-order valence-corrected chi connectivity index (χ4v) is 1.54. The van der Waals surface area contributed by atoms with Crippen molar-refractivity contribution in [3.8, 4) is 0 Å². The number of hydrazine groups is 1. The van der Waals surface area contributed by atoms with Gasteiger partial charge in [0, 0.05) is 19.8 Å². The SMILES string of the molecule is CCOCCCNC(=NCc1ccc(C)cc1)NN. The van der Waals surface area contributed by atoms with Crippen molar-refractivity contribution in [2.75, 3.05) is 19.8 Å². The number of benzene rings is 1. The van der Waals surface area contributed by atoms with Gasteiger partial charge in [0.25, 0.3) is 0 Å². The van der Waals surface area contributed by atoms with Gasteiger partial charge in [0.05, 0.1) is 6.54 Å². The van der Waals surface area contributed by atoms with Crippen molar-refractivity contribution in [1.29, 1.82) is 0 Å². The van der Waals surface area contributed by atoms with Crippen molar-refractivity contribution in [3.05, 3.63) is 35.4 Å². The number of guanidine groups is 1. The van der Waals surface area contributed by atoms with Crippen LogP contribution in [0, 0.1) is 6.92 Å². The molecule has 0 aliphatic rings. The molecule has 5 heteroatoms. The van der Waals surface area contributed by atoms with Gasteiger partial charge >= 0.3 is 0 Å². The Morgan fingerprint density at radius 2 is 2.05 bits per heavy atom. The summed E-state index contributed by atoms with van der Waals surface area (Å²) in [6, 6.07) is 8.30. The topological polar surface area (TPSA) is 71.7 Å². The summed E-state index contributed by atoms with van der Waals surface area (Å²) < 4.78 is 5.26. The molecule has 0 fully saturated rings. The molecule has 0 spiro atoms. The largest absolute Gasteiger partial charge is 0.382 e. The van der Waals surface area contributed by atoms with E-state index in [4.69, 9.17) is 10.6 Å². The Morgan fingerprint density at radius 3 is 2.68 bits per heavy atom. The minimum atomic E-state index is 0.608. The van der Waals surface area contributed by atoms with Gasteiger partial charge in [-0.05, 0) is 25.8 Å². The quantitative estimate of drug-likeness (QED) is 0.228. The molecule has 19 heavy (non-hydrogen) atoms.